The molecule has 1 rings (SSSR count). The van der Waals surface area contributed by atoms with Gasteiger partial charge in [0.1, 0.15) is 6.04 Å². The quantitative estimate of drug-likeness (QED) is 0.253. The molecule has 166 valence electrons. The maximum absolute atomic E-state index is 11.3. The van der Waals surface area contributed by atoms with Gasteiger partial charge in [-0.25, -0.2) is 0 Å². The van der Waals surface area contributed by atoms with Gasteiger partial charge in [0, 0.05) is 13.0 Å². The highest BCUT2D eigenvalue weighted by Gasteiger charge is 2.17. The molecule has 0 aliphatic heterocycles. The third kappa shape index (κ3) is 15.1. The fourth-order valence-electron chi connectivity index (χ4n) is 2.47. The molecule has 5 nitrogen and oxygen atoms in total. The zero-order valence-corrected chi connectivity index (χ0v) is 19.8. The molecule has 0 aromatic heterocycles. The molecule has 0 saturated carbocycles. The van der Waals surface area contributed by atoms with E-state index in [0.29, 0.717) is 6.42 Å². The molecule has 0 saturated heterocycles. The normalized spacial score (nSPS) is 11.9. The molecule has 0 radical (unpaired) electrons. The Balaban J connectivity index is 0.00000379. The minimum Gasteiger partial charge on any atom is -0.480 e. The highest BCUT2D eigenvalue weighted by molar-refractivity contribution is 7.80. The summed E-state index contributed by atoms with van der Waals surface area (Å²) in [4.78, 5) is 12.2. The Bertz CT molecular complexity index is 583. The van der Waals surface area contributed by atoms with Crippen LogP contribution < -0.4 is 10.6 Å². The first-order chi connectivity index (χ1) is 13.7. The molecule has 29 heavy (non-hydrogen) atoms. The number of carboxylic acids is 1. The second-order valence-electron chi connectivity index (χ2n) is 7.83. The van der Waals surface area contributed by atoms with Crippen molar-refractivity contribution >= 4 is 23.2 Å². The Labute approximate surface area is 182 Å². The van der Waals surface area contributed by atoms with Crippen LogP contribution in [0.1, 0.15) is 71.4 Å². The molecule has 6 heteroatoms. The number of thiocarbonyl (C=S) groups is 1. The number of carbonyl (C=O) groups is 1. The number of carboxylic acid groups (broad SMARTS) is 1. The van der Waals surface area contributed by atoms with Crippen LogP contribution in [0.4, 0.5) is 0 Å². The van der Waals surface area contributed by atoms with Gasteiger partial charge in [-0.15, -0.1) is 0 Å². The lowest BCUT2D eigenvalue weighted by molar-refractivity contribution is -0.140. The van der Waals surface area contributed by atoms with Crippen molar-refractivity contribution < 1.29 is 14.6 Å². The minimum absolute atomic E-state index is 0.238. The van der Waals surface area contributed by atoms with Gasteiger partial charge in [0.2, 0.25) is 0 Å². The van der Waals surface area contributed by atoms with E-state index >= 15 is 0 Å². The molecule has 1 aromatic carbocycles. The summed E-state index contributed by atoms with van der Waals surface area (Å²) in [7, 11) is 0. The highest BCUT2D eigenvalue weighted by atomic mass is 32.1. The number of ether oxygens (including phenoxy) is 1. The van der Waals surface area contributed by atoms with E-state index < -0.39 is 12.0 Å². The lowest BCUT2D eigenvalue weighted by Gasteiger charge is -2.22. The molecule has 0 spiro atoms. The number of benzene rings is 1. The molecule has 1 aromatic rings. The lowest BCUT2D eigenvalue weighted by Crippen LogP contribution is -2.40. The molecule has 0 heterocycles. The van der Waals surface area contributed by atoms with Crippen molar-refractivity contribution in [3.8, 4) is 0 Å². The summed E-state index contributed by atoms with van der Waals surface area (Å²) in [6.45, 7) is 12.9. The first-order valence-corrected chi connectivity index (χ1v) is 11.0. The topological polar surface area (TPSA) is 70.6 Å². The zero-order valence-electron chi connectivity index (χ0n) is 19.0. The van der Waals surface area contributed by atoms with Gasteiger partial charge >= 0.3 is 5.97 Å². The molecule has 0 aliphatic rings. The molecule has 1 unspecified atom stereocenters. The van der Waals surface area contributed by atoms with Crippen molar-refractivity contribution in [1.29, 1.82) is 0 Å². The van der Waals surface area contributed by atoms with Crippen molar-refractivity contribution in [3.05, 3.63) is 35.4 Å². The van der Waals surface area contributed by atoms with Crippen molar-refractivity contribution in [1.82, 2.24) is 10.6 Å². The third-order valence-corrected chi connectivity index (χ3v) is 4.48. The van der Waals surface area contributed by atoms with Gasteiger partial charge < -0.3 is 15.2 Å². The van der Waals surface area contributed by atoms with Crippen LogP contribution in [0.5, 0.6) is 0 Å². The Morgan fingerprint density at radius 1 is 1.17 bits per heavy atom. The average molecular weight is 425 g/mol. The molecule has 3 N–H and O–H groups in total. The number of unbranched alkanes of at least 4 members (excludes halogenated alkanes) is 1. The number of rotatable bonds is 12. The standard InChI is InChI=1S/C21H34N2O3S.C2H6/c1-16-8-10-17(11-9-16)12-13-19(27)22-14-6-5-7-18(20(24)25)23-15-26-21(2,3)4;1-2/h8-11,18,23H,5-7,12-15H2,1-4H3,(H,22,27)(H,24,25);1-2H3. The maximum atomic E-state index is 11.3. The van der Waals surface area contributed by atoms with Gasteiger partial charge in [-0.1, -0.05) is 55.9 Å². The van der Waals surface area contributed by atoms with Crippen LogP contribution in [0.25, 0.3) is 0 Å². The number of hydrogen-bond acceptors (Lipinski definition) is 4. The van der Waals surface area contributed by atoms with Crippen LogP contribution >= 0.6 is 12.2 Å². The average Bonchev–Trinajstić information content (AvgIpc) is 2.66. The van der Waals surface area contributed by atoms with E-state index in [2.05, 4.69) is 41.8 Å². The molecular weight excluding hydrogens is 384 g/mol. The van der Waals surface area contributed by atoms with E-state index in [-0.39, 0.29) is 12.3 Å². The first kappa shape index (κ1) is 27.5. The molecular formula is C23H40N2O3S. The summed E-state index contributed by atoms with van der Waals surface area (Å²) in [6.07, 6.45) is 4.04. The summed E-state index contributed by atoms with van der Waals surface area (Å²) in [5.74, 6) is -0.839. The van der Waals surface area contributed by atoms with Gasteiger partial charge in [0.15, 0.2) is 0 Å². The number of aryl methyl sites for hydroxylation is 2. The summed E-state index contributed by atoms with van der Waals surface area (Å²) in [5, 5.41) is 15.5. The monoisotopic (exact) mass is 424 g/mol. The smallest absolute Gasteiger partial charge is 0.320 e. The van der Waals surface area contributed by atoms with Crippen LogP contribution in [-0.2, 0) is 16.0 Å². The molecule has 0 aliphatic carbocycles. The fraction of sp³-hybridized carbons (Fsp3) is 0.652. The Morgan fingerprint density at radius 2 is 1.79 bits per heavy atom. The maximum Gasteiger partial charge on any atom is 0.320 e. The van der Waals surface area contributed by atoms with Crippen molar-refractivity contribution in [2.24, 2.45) is 0 Å². The van der Waals surface area contributed by atoms with Gasteiger partial charge in [0.05, 0.1) is 17.3 Å². The molecule has 1 atom stereocenters. The number of aliphatic carboxylic acids is 1. The van der Waals surface area contributed by atoms with Crippen molar-refractivity contribution in [3.63, 3.8) is 0 Å². The summed E-state index contributed by atoms with van der Waals surface area (Å²) in [5.41, 5.74) is 2.27. The van der Waals surface area contributed by atoms with E-state index in [1.165, 1.54) is 11.1 Å². The van der Waals surface area contributed by atoms with E-state index in [1.54, 1.807) is 0 Å². The summed E-state index contributed by atoms with van der Waals surface area (Å²) < 4.78 is 5.53. The van der Waals surface area contributed by atoms with Crippen LogP contribution in [0.3, 0.4) is 0 Å². The van der Waals surface area contributed by atoms with Crippen LogP contribution in [-0.4, -0.2) is 41.0 Å². The van der Waals surface area contributed by atoms with E-state index in [4.69, 9.17) is 17.0 Å². The Kier molecular flexibility index (Phi) is 14.6. The van der Waals surface area contributed by atoms with Gasteiger partial charge in [-0.3, -0.25) is 10.1 Å². The molecule has 0 amide bonds. The predicted molar refractivity (Wildman–Crippen MR) is 126 cm³/mol. The van der Waals surface area contributed by atoms with E-state index in [1.807, 2.05) is 34.6 Å². The zero-order chi connectivity index (χ0) is 22.3. The SMILES string of the molecule is CC.Cc1ccc(CCC(=S)NCCCCC(NCOC(C)(C)C)C(=O)O)cc1. The molecule has 0 bridgehead atoms. The Morgan fingerprint density at radius 3 is 2.34 bits per heavy atom. The first-order valence-electron chi connectivity index (χ1n) is 10.6. The van der Waals surface area contributed by atoms with E-state index in [0.717, 1.165) is 37.2 Å². The Hall–Kier alpha value is -1.50. The predicted octanol–water partition coefficient (Wildman–Crippen LogP) is 4.86. The van der Waals surface area contributed by atoms with Crippen molar-refractivity contribution in [2.45, 2.75) is 85.3 Å². The van der Waals surface area contributed by atoms with Gasteiger partial charge in [0.25, 0.3) is 0 Å². The summed E-state index contributed by atoms with van der Waals surface area (Å²) in [6, 6.07) is 7.93. The molecule has 0 fully saturated rings. The second kappa shape index (κ2) is 15.4. The van der Waals surface area contributed by atoms with Gasteiger partial charge in [-0.2, -0.15) is 0 Å². The second-order valence-corrected chi connectivity index (χ2v) is 8.32. The van der Waals surface area contributed by atoms with Gasteiger partial charge in [-0.05, 0) is 58.9 Å². The van der Waals surface area contributed by atoms with Crippen molar-refractivity contribution in [2.75, 3.05) is 13.3 Å². The lowest BCUT2D eigenvalue weighted by atomic mass is 10.1. The van der Waals surface area contributed by atoms with Crippen LogP contribution in [0.15, 0.2) is 24.3 Å². The summed E-state index contributed by atoms with van der Waals surface area (Å²) >= 11 is 5.38. The van der Waals surface area contributed by atoms with E-state index in [9.17, 15) is 9.90 Å². The van der Waals surface area contributed by atoms with Crippen LogP contribution in [0.2, 0.25) is 0 Å². The largest absolute Gasteiger partial charge is 0.480 e. The minimum atomic E-state index is -0.839. The number of hydrogen-bond donors (Lipinski definition) is 3. The van der Waals surface area contributed by atoms with Crippen LogP contribution in [0, 0.1) is 6.92 Å². The third-order valence-electron chi connectivity index (χ3n) is 4.14. The number of nitrogens with one attached hydrogen (secondary N) is 2. The fourth-order valence-corrected chi connectivity index (χ4v) is 2.68. The highest BCUT2D eigenvalue weighted by Crippen LogP contribution is 2.08.